The minimum atomic E-state index is -0.620. The molecule has 0 spiro atoms. The van der Waals surface area contributed by atoms with Crippen molar-refractivity contribution < 1.29 is 19.2 Å². The van der Waals surface area contributed by atoms with E-state index in [9.17, 15) is 14.9 Å². The molecule has 0 atom stereocenters. The van der Waals surface area contributed by atoms with E-state index < -0.39 is 10.8 Å². The molecule has 0 aliphatic rings. The lowest BCUT2D eigenvalue weighted by molar-refractivity contribution is -0.386. The fourth-order valence-corrected chi connectivity index (χ4v) is 2.85. The first-order valence-corrected chi connectivity index (χ1v) is 8.29. The summed E-state index contributed by atoms with van der Waals surface area (Å²) in [6.45, 7) is 6.80. The van der Waals surface area contributed by atoms with Crippen LogP contribution in [0.5, 0.6) is 11.5 Å². The van der Waals surface area contributed by atoms with Crippen LogP contribution in [0.3, 0.4) is 0 Å². The molecule has 0 unspecified atom stereocenters. The van der Waals surface area contributed by atoms with Crippen LogP contribution in [0.1, 0.15) is 24.2 Å². The number of ether oxygens (including phenoxy) is 2. The second kappa shape index (κ2) is 9.43. The number of nitrogens with zero attached hydrogens (tertiary/aromatic N) is 2. The maximum Gasteiger partial charge on any atom is 0.300 e. The number of nitrogens with one attached hydrogen (secondary N) is 1. The number of amides is 1. The molecule has 0 saturated heterocycles. The molecule has 134 valence electrons. The summed E-state index contributed by atoms with van der Waals surface area (Å²) in [5.74, 6) is -0.304. The third-order valence-electron chi connectivity index (χ3n) is 3.61. The topological polar surface area (TPSA) is 93.9 Å². The number of carbonyl (C=O) groups excluding carboxylic acids is 1. The molecule has 0 bridgehead atoms. The van der Waals surface area contributed by atoms with Crippen LogP contribution in [0.15, 0.2) is 10.5 Å². The Labute approximate surface area is 149 Å². The van der Waals surface area contributed by atoms with Gasteiger partial charge in [-0.15, -0.1) is 0 Å². The van der Waals surface area contributed by atoms with Crippen LogP contribution in [-0.4, -0.2) is 56.1 Å². The number of halogens is 1. The number of nitro benzene ring substituents is 1. The van der Waals surface area contributed by atoms with E-state index in [0.717, 1.165) is 13.1 Å². The molecule has 0 aromatic heterocycles. The molecule has 1 rings (SSSR count). The molecule has 24 heavy (non-hydrogen) atoms. The first kappa shape index (κ1) is 20.2. The van der Waals surface area contributed by atoms with Gasteiger partial charge in [0.1, 0.15) is 4.47 Å². The van der Waals surface area contributed by atoms with E-state index in [-0.39, 0.29) is 27.2 Å². The number of nitro groups is 1. The normalized spacial score (nSPS) is 10.6. The van der Waals surface area contributed by atoms with Gasteiger partial charge in [-0.1, -0.05) is 13.8 Å². The third-order valence-corrected chi connectivity index (χ3v) is 4.22. The van der Waals surface area contributed by atoms with Crippen molar-refractivity contribution >= 4 is 27.5 Å². The summed E-state index contributed by atoms with van der Waals surface area (Å²) in [6.07, 6.45) is 0. The first-order chi connectivity index (χ1) is 11.4. The van der Waals surface area contributed by atoms with Gasteiger partial charge in [0.05, 0.1) is 19.1 Å². The van der Waals surface area contributed by atoms with E-state index >= 15 is 0 Å². The summed E-state index contributed by atoms with van der Waals surface area (Å²) < 4.78 is 10.5. The number of benzene rings is 1. The third kappa shape index (κ3) is 4.57. The highest BCUT2D eigenvalue weighted by Crippen LogP contribution is 2.42. The number of methoxy groups -OCH3 is 2. The second-order valence-corrected chi connectivity index (χ2v) is 5.71. The molecule has 0 saturated carbocycles. The highest BCUT2D eigenvalue weighted by Gasteiger charge is 2.31. The highest BCUT2D eigenvalue weighted by atomic mass is 79.9. The number of carbonyl (C=O) groups is 1. The molecule has 1 aromatic rings. The van der Waals surface area contributed by atoms with Crippen LogP contribution in [-0.2, 0) is 0 Å². The monoisotopic (exact) mass is 403 g/mol. The van der Waals surface area contributed by atoms with E-state index in [1.54, 1.807) is 0 Å². The van der Waals surface area contributed by atoms with Crippen LogP contribution < -0.4 is 14.8 Å². The van der Waals surface area contributed by atoms with Gasteiger partial charge in [-0.05, 0) is 29.0 Å². The molecular weight excluding hydrogens is 382 g/mol. The summed E-state index contributed by atoms with van der Waals surface area (Å²) in [7, 11) is 2.74. The van der Waals surface area contributed by atoms with Gasteiger partial charge in [0.25, 0.3) is 11.6 Å². The number of likely N-dealkylation sites (N-methyl/N-ethyl adjacent to an activating group) is 1. The van der Waals surface area contributed by atoms with Crippen molar-refractivity contribution in [3.63, 3.8) is 0 Å². The van der Waals surface area contributed by atoms with Gasteiger partial charge in [0, 0.05) is 19.2 Å². The van der Waals surface area contributed by atoms with E-state index in [4.69, 9.17) is 9.47 Å². The van der Waals surface area contributed by atoms with Crippen LogP contribution >= 0.6 is 15.9 Å². The minimum Gasteiger partial charge on any atom is -0.493 e. The Morgan fingerprint density at radius 1 is 1.33 bits per heavy atom. The van der Waals surface area contributed by atoms with E-state index in [2.05, 4.69) is 26.1 Å². The lowest BCUT2D eigenvalue weighted by atomic mass is 10.1. The van der Waals surface area contributed by atoms with Gasteiger partial charge in [0.2, 0.25) is 0 Å². The molecule has 1 N–H and O–H groups in total. The Morgan fingerprint density at radius 2 is 1.96 bits per heavy atom. The average molecular weight is 404 g/mol. The molecule has 0 heterocycles. The number of hydrogen-bond donors (Lipinski definition) is 1. The molecule has 0 aliphatic heterocycles. The zero-order chi connectivity index (χ0) is 18.3. The first-order valence-electron chi connectivity index (χ1n) is 7.50. The molecule has 0 fully saturated rings. The summed E-state index contributed by atoms with van der Waals surface area (Å²) in [5.41, 5.74) is -0.513. The number of hydrogen-bond acceptors (Lipinski definition) is 6. The van der Waals surface area contributed by atoms with Crippen molar-refractivity contribution in [2.45, 2.75) is 13.8 Å². The van der Waals surface area contributed by atoms with E-state index in [1.165, 1.54) is 20.3 Å². The maximum atomic E-state index is 12.5. The van der Waals surface area contributed by atoms with Crippen LogP contribution in [0, 0.1) is 10.1 Å². The Morgan fingerprint density at radius 3 is 2.42 bits per heavy atom. The zero-order valence-corrected chi connectivity index (χ0v) is 15.8. The summed E-state index contributed by atoms with van der Waals surface area (Å²) >= 11 is 3.12. The van der Waals surface area contributed by atoms with E-state index in [1.807, 2.05) is 13.8 Å². The zero-order valence-electron chi connectivity index (χ0n) is 14.2. The predicted octanol–water partition coefficient (Wildman–Crippen LogP) is 2.45. The highest BCUT2D eigenvalue weighted by molar-refractivity contribution is 9.10. The van der Waals surface area contributed by atoms with Gasteiger partial charge in [-0.2, -0.15) is 0 Å². The lowest BCUT2D eigenvalue weighted by Gasteiger charge is -2.18. The SMILES string of the molecule is CCN(CC)CCNC(=O)c1c(OC)c(OC)cc(Br)c1[N+](=O)[O-]. The summed E-state index contributed by atoms with van der Waals surface area (Å²) in [6, 6.07) is 1.41. The van der Waals surface area contributed by atoms with Crippen molar-refractivity contribution in [3.05, 3.63) is 26.2 Å². The average Bonchev–Trinajstić information content (AvgIpc) is 2.56. The molecule has 1 aromatic carbocycles. The number of rotatable bonds is 9. The van der Waals surface area contributed by atoms with E-state index in [0.29, 0.717) is 13.1 Å². The predicted molar refractivity (Wildman–Crippen MR) is 94.0 cm³/mol. The van der Waals surface area contributed by atoms with Crippen molar-refractivity contribution in [3.8, 4) is 11.5 Å². The second-order valence-electron chi connectivity index (χ2n) is 4.86. The van der Waals surface area contributed by atoms with Crippen molar-refractivity contribution in [1.29, 1.82) is 0 Å². The van der Waals surface area contributed by atoms with Crippen LogP contribution in [0.2, 0.25) is 0 Å². The molecule has 1 amide bonds. The Hall–Kier alpha value is -1.87. The maximum absolute atomic E-state index is 12.5. The van der Waals surface area contributed by atoms with Gasteiger partial charge in [0.15, 0.2) is 17.1 Å². The van der Waals surface area contributed by atoms with Crippen molar-refractivity contribution in [2.75, 3.05) is 40.4 Å². The summed E-state index contributed by atoms with van der Waals surface area (Å²) in [4.78, 5) is 25.4. The summed E-state index contributed by atoms with van der Waals surface area (Å²) in [5, 5.41) is 14.1. The van der Waals surface area contributed by atoms with Crippen molar-refractivity contribution in [1.82, 2.24) is 10.2 Å². The van der Waals surface area contributed by atoms with Crippen molar-refractivity contribution in [2.24, 2.45) is 0 Å². The molecular formula is C15H22BrN3O5. The van der Waals surface area contributed by atoms with Gasteiger partial charge in [-0.3, -0.25) is 14.9 Å². The Balaban J connectivity index is 3.17. The fourth-order valence-electron chi connectivity index (χ4n) is 2.30. The molecule has 9 heteroatoms. The lowest BCUT2D eigenvalue weighted by Crippen LogP contribution is -2.35. The standard InChI is InChI=1S/C15H22BrN3O5/c1-5-18(6-2)8-7-17-15(20)12-13(19(21)22)10(16)9-11(23-3)14(12)24-4/h9H,5-8H2,1-4H3,(H,17,20). The smallest absolute Gasteiger partial charge is 0.300 e. The largest absolute Gasteiger partial charge is 0.493 e. The minimum absolute atomic E-state index is 0.0349. The molecule has 0 aliphatic carbocycles. The Kier molecular flexibility index (Phi) is 7.93. The van der Waals surface area contributed by atoms with Crippen LogP contribution in [0.25, 0.3) is 0 Å². The van der Waals surface area contributed by atoms with Gasteiger partial charge >= 0.3 is 0 Å². The Bertz CT molecular complexity index is 605. The van der Waals surface area contributed by atoms with Gasteiger partial charge < -0.3 is 19.7 Å². The molecule has 0 radical (unpaired) electrons. The quantitative estimate of drug-likeness (QED) is 0.502. The van der Waals surface area contributed by atoms with Gasteiger partial charge in [-0.25, -0.2) is 0 Å². The fraction of sp³-hybridized carbons (Fsp3) is 0.533. The molecule has 8 nitrogen and oxygen atoms in total. The van der Waals surface area contributed by atoms with Crippen LogP contribution in [0.4, 0.5) is 5.69 Å².